The average molecular weight is 210 g/mol. The second kappa shape index (κ2) is 3.54. The molecule has 0 aliphatic rings. The summed E-state index contributed by atoms with van der Waals surface area (Å²) >= 11 is 1.31. The lowest BCUT2D eigenvalue weighted by atomic mass is 10.5. The van der Waals surface area contributed by atoms with Gasteiger partial charge in [0.25, 0.3) is 0 Å². The summed E-state index contributed by atoms with van der Waals surface area (Å²) in [7, 11) is 0. The third kappa shape index (κ3) is 1.77. The number of hydrogen-bond donors (Lipinski definition) is 1. The summed E-state index contributed by atoms with van der Waals surface area (Å²) in [4.78, 5) is 14.5. The first-order chi connectivity index (χ1) is 6.75. The van der Waals surface area contributed by atoms with Gasteiger partial charge in [-0.15, -0.1) is 21.5 Å². The molecular formula is C7H6N4O2S. The largest absolute Gasteiger partial charge is 0.476 e. The van der Waals surface area contributed by atoms with Gasteiger partial charge in [-0.3, -0.25) is 0 Å². The maximum Gasteiger partial charge on any atom is 0.355 e. The van der Waals surface area contributed by atoms with Crippen LogP contribution in [0.25, 0.3) is 0 Å². The van der Waals surface area contributed by atoms with E-state index in [1.54, 1.807) is 17.2 Å². The maximum absolute atomic E-state index is 10.5. The Morgan fingerprint density at radius 1 is 1.50 bits per heavy atom. The molecule has 72 valence electrons. The summed E-state index contributed by atoms with van der Waals surface area (Å²) in [6.07, 6.45) is 3.11. The summed E-state index contributed by atoms with van der Waals surface area (Å²) < 4.78 is 1.73. The van der Waals surface area contributed by atoms with Crippen LogP contribution in [0, 0.1) is 0 Å². The molecule has 0 saturated carbocycles. The predicted molar refractivity (Wildman–Crippen MR) is 48.2 cm³/mol. The molecule has 2 aromatic rings. The van der Waals surface area contributed by atoms with Gasteiger partial charge in [-0.25, -0.2) is 9.78 Å². The molecule has 2 rings (SSSR count). The summed E-state index contributed by atoms with van der Waals surface area (Å²) in [5.74, 6) is -1.00. The molecule has 0 amide bonds. The minimum absolute atomic E-state index is 0.0816. The van der Waals surface area contributed by atoms with Crippen LogP contribution in [0.4, 0.5) is 0 Å². The predicted octanol–water partition coefficient (Wildman–Crippen LogP) is 0.481. The van der Waals surface area contributed by atoms with Crippen LogP contribution in [-0.2, 0) is 6.54 Å². The van der Waals surface area contributed by atoms with E-state index in [9.17, 15) is 4.79 Å². The fraction of sp³-hybridized carbons (Fsp3) is 0.143. The van der Waals surface area contributed by atoms with E-state index in [0.29, 0.717) is 6.54 Å². The number of carboxylic acid groups (broad SMARTS) is 1. The monoisotopic (exact) mass is 210 g/mol. The second-order valence-corrected chi connectivity index (χ2v) is 3.51. The zero-order valence-corrected chi connectivity index (χ0v) is 7.81. The van der Waals surface area contributed by atoms with Crippen LogP contribution >= 0.6 is 11.3 Å². The van der Waals surface area contributed by atoms with Crippen LogP contribution in [0.3, 0.4) is 0 Å². The molecule has 7 heteroatoms. The quantitative estimate of drug-likeness (QED) is 0.796. The molecule has 0 bridgehead atoms. The lowest BCUT2D eigenvalue weighted by Crippen LogP contribution is -1.99. The molecule has 0 spiro atoms. The van der Waals surface area contributed by atoms with E-state index in [1.807, 2.05) is 0 Å². The highest BCUT2D eigenvalue weighted by Gasteiger charge is 2.08. The number of carbonyl (C=O) groups is 1. The molecule has 6 nitrogen and oxygen atoms in total. The Balaban J connectivity index is 2.14. The number of thiazole rings is 1. The minimum atomic E-state index is -1.00. The molecule has 2 aromatic heterocycles. The van der Waals surface area contributed by atoms with Crippen molar-refractivity contribution in [1.29, 1.82) is 0 Å². The lowest BCUT2D eigenvalue weighted by molar-refractivity contribution is 0.0691. The van der Waals surface area contributed by atoms with Gasteiger partial charge in [0.2, 0.25) is 0 Å². The fourth-order valence-electron chi connectivity index (χ4n) is 0.942. The second-order valence-electron chi connectivity index (χ2n) is 2.57. The summed E-state index contributed by atoms with van der Waals surface area (Å²) in [5.41, 5.74) is 0.0816. The number of carboxylic acids is 1. The third-order valence-electron chi connectivity index (χ3n) is 1.56. The minimum Gasteiger partial charge on any atom is -0.476 e. The van der Waals surface area contributed by atoms with Crippen molar-refractivity contribution in [3.63, 3.8) is 0 Å². The van der Waals surface area contributed by atoms with Gasteiger partial charge in [-0.2, -0.15) is 0 Å². The summed E-state index contributed by atoms with van der Waals surface area (Å²) in [6.45, 7) is 0.505. The van der Waals surface area contributed by atoms with Crippen molar-refractivity contribution in [1.82, 2.24) is 19.7 Å². The van der Waals surface area contributed by atoms with Gasteiger partial charge in [0.05, 0.1) is 6.54 Å². The Labute approximate surface area is 82.9 Å². The first kappa shape index (κ1) is 8.82. The number of aromatic nitrogens is 4. The normalized spacial score (nSPS) is 10.3. The molecular weight excluding hydrogens is 204 g/mol. The number of rotatable bonds is 3. The lowest BCUT2D eigenvalue weighted by Gasteiger charge is -1.94. The van der Waals surface area contributed by atoms with Gasteiger partial charge in [-0.05, 0) is 0 Å². The summed E-state index contributed by atoms with van der Waals surface area (Å²) in [6, 6.07) is 0. The van der Waals surface area contributed by atoms with Crippen LogP contribution in [0.1, 0.15) is 15.5 Å². The zero-order valence-electron chi connectivity index (χ0n) is 6.99. The van der Waals surface area contributed by atoms with E-state index >= 15 is 0 Å². The van der Waals surface area contributed by atoms with Crippen LogP contribution in [0.5, 0.6) is 0 Å². The molecule has 0 aliphatic carbocycles. The third-order valence-corrected chi connectivity index (χ3v) is 2.39. The van der Waals surface area contributed by atoms with Crippen LogP contribution in [0.15, 0.2) is 18.0 Å². The molecule has 2 heterocycles. The SMILES string of the molecule is O=C(O)c1csc(Cn2cnnc2)n1. The molecule has 0 radical (unpaired) electrons. The van der Waals surface area contributed by atoms with Crippen molar-refractivity contribution >= 4 is 17.3 Å². The van der Waals surface area contributed by atoms with Crippen LogP contribution in [0.2, 0.25) is 0 Å². The van der Waals surface area contributed by atoms with E-state index in [2.05, 4.69) is 15.2 Å². The van der Waals surface area contributed by atoms with E-state index in [0.717, 1.165) is 5.01 Å². The van der Waals surface area contributed by atoms with Gasteiger partial charge in [0, 0.05) is 5.38 Å². The molecule has 0 saturated heterocycles. The van der Waals surface area contributed by atoms with Gasteiger partial charge in [0.1, 0.15) is 17.7 Å². The van der Waals surface area contributed by atoms with Crippen molar-refractivity contribution in [2.45, 2.75) is 6.54 Å². The van der Waals surface area contributed by atoms with Crippen LogP contribution < -0.4 is 0 Å². The standard InChI is InChI=1S/C7H6N4O2S/c12-7(13)5-2-14-6(10-5)1-11-3-8-9-4-11/h2-4H,1H2,(H,12,13). The topological polar surface area (TPSA) is 80.9 Å². The van der Waals surface area contributed by atoms with Gasteiger partial charge in [-0.1, -0.05) is 0 Å². The number of nitrogens with zero attached hydrogens (tertiary/aromatic N) is 4. The highest BCUT2D eigenvalue weighted by Crippen LogP contribution is 2.10. The molecule has 0 unspecified atom stereocenters. The first-order valence-electron chi connectivity index (χ1n) is 3.76. The Morgan fingerprint density at radius 3 is 2.79 bits per heavy atom. The number of hydrogen-bond acceptors (Lipinski definition) is 5. The van der Waals surface area contributed by atoms with E-state index in [4.69, 9.17) is 5.11 Å². The highest BCUT2D eigenvalue weighted by atomic mass is 32.1. The van der Waals surface area contributed by atoms with E-state index in [-0.39, 0.29) is 5.69 Å². The van der Waals surface area contributed by atoms with E-state index in [1.165, 1.54) is 16.7 Å². The Bertz CT molecular complexity index is 436. The maximum atomic E-state index is 10.5. The van der Waals surface area contributed by atoms with E-state index < -0.39 is 5.97 Å². The molecule has 0 aliphatic heterocycles. The van der Waals surface area contributed by atoms with Crippen molar-refractivity contribution in [3.8, 4) is 0 Å². The smallest absolute Gasteiger partial charge is 0.355 e. The molecule has 0 aromatic carbocycles. The fourth-order valence-corrected chi connectivity index (χ4v) is 1.72. The number of aromatic carboxylic acids is 1. The highest BCUT2D eigenvalue weighted by molar-refractivity contribution is 7.09. The van der Waals surface area contributed by atoms with Gasteiger partial charge in [0.15, 0.2) is 5.69 Å². The molecule has 14 heavy (non-hydrogen) atoms. The molecule has 0 atom stereocenters. The van der Waals surface area contributed by atoms with Gasteiger partial charge < -0.3 is 9.67 Å². The van der Waals surface area contributed by atoms with Crippen molar-refractivity contribution in [3.05, 3.63) is 28.7 Å². The molecule has 1 N–H and O–H groups in total. The van der Waals surface area contributed by atoms with Crippen molar-refractivity contribution < 1.29 is 9.90 Å². The zero-order chi connectivity index (χ0) is 9.97. The van der Waals surface area contributed by atoms with Crippen molar-refractivity contribution in [2.24, 2.45) is 0 Å². The first-order valence-corrected chi connectivity index (χ1v) is 4.64. The van der Waals surface area contributed by atoms with Crippen molar-refractivity contribution in [2.75, 3.05) is 0 Å². The Hall–Kier alpha value is -1.76. The molecule has 0 fully saturated rings. The summed E-state index contributed by atoms with van der Waals surface area (Å²) in [5, 5.41) is 18.1. The van der Waals surface area contributed by atoms with Gasteiger partial charge >= 0.3 is 5.97 Å². The Morgan fingerprint density at radius 2 is 2.21 bits per heavy atom. The Kier molecular flexibility index (Phi) is 2.23. The van der Waals surface area contributed by atoms with Crippen LogP contribution in [-0.4, -0.2) is 30.8 Å². The average Bonchev–Trinajstić information content (AvgIpc) is 2.75.